The van der Waals surface area contributed by atoms with Crippen LogP contribution in [0.3, 0.4) is 0 Å². The highest BCUT2D eigenvalue weighted by Crippen LogP contribution is 2.28. The molecule has 0 aliphatic carbocycles. The molecule has 0 saturated carbocycles. The fraction of sp³-hybridized carbons (Fsp3) is 0.571. The molecule has 1 aliphatic heterocycles. The maximum atomic E-state index is 11.9. The van der Waals surface area contributed by atoms with E-state index in [0.29, 0.717) is 11.8 Å². The van der Waals surface area contributed by atoms with Crippen molar-refractivity contribution >= 4 is 5.97 Å². The Morgan fingerprint density at radius 2 is 2.20 bits per heavy atom. The van der Waals surface area contributed by atoms with Gasteiger partial charge in [-0.05, 0) is 25.8 Å². The highest BCUT2D eigenvalue weighted by atomic mass is 16.5. The monoisotopic (exact) mass is 280 g/mol. The zero-order valence-corrected chi connectivity index (χ0v) is 12.0. The fourth-order valence-corrected chi connectivity index (χ4v) is 2.21. The first-order valence-corrected chi connectivity index (χ1v) is 6.67. The van der Waals surface area contributed by atoms with Gasteiger partial charge in [0.25, 0.3) is 0 Å². The summed E-state index contributed by atoms with van der Waals surface area (Å²) < 4.78 is 15.8. The molecule has 1 N–H and O–H groups in total. The number of hydrogen-bond acceptors (Lipinski definition) is 6. The molecule has 1 fully saturated rings. The molecule has 1 aromatic heterocycles. The fourth-order valence-electron chi connectivity index (χ4n) is 2.21. The van der Waals surface area contributed by atoms with Crippen LogP contribution < -0.4 is 14.8 Å². The Morgan fingerprint density at radius 1 is 1.40 bits per heavy atom. The van der Waals surface area contributed by atoms with Gasteiger partial charge in [0.05, 0.1) is 14.2 Å². The van der Waals surface area contributed by atoms with E-state index in [1.165, 1.54) is 14.2 Å². The van der Waals surface area contributed by atoms with Crippen molar-refractivity contribution in [3.63, 3.8) is 0 Å². The first kappa shape index (κ1) is 14.6. The minimum Gasteiger partial charge on any atom is -0.496 e. The van der Waals surface area contributed by atoms with Gasteiger partial charge in [-0.1, -0.05) is 0 Å². The zero-order valence-electron chi connectivity index (χ0n) is 12.0. The summed E-state index contributed by atoms with van der Waals surface area (Å²) in [6.45, 7) is 2.88. The maximum absolute atomic E-state index is 11.9. The minimum atomic E-state index is -0.512. The van der Waals surface area contributed by atoms with E-state index in [2.05, 4.69) is 17.2 Å². The number of carbonyl (C=O) groups excluding carboxylic acids is 1. The molecular weight excluding hydrogens is 260 g/mol. The Kier molecular flexibility index (Phi) is 4.79. The van der Waals surface area contributed by atoms with Gasteiger partial charge in [-0.15, -0.1) is 0 Å². The quantitative estimate of drug-likeness (QED) is 0.841. The van der Waals surface area contributed by atoms with Gasteiger partial charge in [-0.25, -0.2) is 9.78 Å². The summed E-state index contributed by atoms with van der Waals surface area (Å²) in [7, 11) is 2.82. The largest absolute Gasteiger partial charge is 0.496 e. The molecule has 0 bridgehead atoms. The van der Waals surface area contributed by atoms with Crippen LogP contribution in [-0.2, 0) is 4.74 Å². The van der Waals surface area contributed by atoms with Gasteiger partial charge in [-0.2, -0.15) is 0 Å². The van der Waals surface area contributed by atoms with Gasteiger partial charge in [-0.3, -0.25) is 0 Å². The summed E-state index contributed by atoms with van der Waals surface area (Å²) in [6, 6.07) is 2.11. The van der Waals surface area contributed by atoms with Gasteiger partial charge in [0, 0.05) is 18.8 Å². The van der Waals surface area contributed by atoms with E-state index in [-0.39, 0.29) is 17.5 Å². The SMILES string of the molecule is COC(=O)c1c(OC)ccnc1OC1CCC(C)NC1. The topological polar surface area (TPSA) is 69.7 Å². The van der Waals surface area contributed by atoms with E-state index in [4.69, 9.17) is 14.2 Å². The van der Waals surface area contributed by atoms with Crippen LogP contribution in [0, 0.1) is 0 Å². The van der Waals surface area contributed by atoms with Crippen LogP contribution in [0.25, 0.3) is 0 Å². The molecule has 1 aromatic rings. The smallest absolute Gasteiger partial charge is 0.347 e. The lowest BCUT2D eigenvalue weighted by Crippen LogP contribution is -2.42. The van der Waals surface area contributed by atoms with Crippen LogP contribution in [-0.4, -0.2) is 43.9 Å². The molecule has 110 valence electrons. The normalized spacial score (nSPS) is 22.1. The van der Waals surface area contributed by atoms with Gasteiger partial charge in [0.15, 0.2) is 5.56 Å². The average molecular weight is 280 g/mol. The number of hydrogen-bond donors (Lipinski definition) is 1. The summed E-state index contributed by atoms with van der Waals surface area (Å²) in [5.41, 5.74) is 0.233. The van der Waals surface area contributed by atoms with Gasteiger partial charge in [0.2, 0.25) is 5.88 Å². The Balaban J connectivity index is 2.20. The third-order valence-corrected chi connectivity index (χ3v) is 3.38. The maximum Gasteiger partial charge on any atom is 0.347 e. The van der Waals surface area contributed by atoms with Crippen molar-refractivity contribution in [1.29, 1.82) is 0 Å². The van der Waals surface area contributed by atoms with Crippen LogP contribution in [0.5, 0.6) is 11.6 Å². The molecule has 0 radical (unpaired) electrons. The van der Waals surface area contributed by atoms with Crippen molar-refractivity contribution in [3.8, 4) is 11.6 Å². The number of piperidine rings is 1. The number of carbonyl (C=O) groups is 1. The molecule has 6 nitrogen and oxygen atoms in total. The first-order chi connectivity index (χ1) is 9.65. The molecule has 2 heterocycles. The molecule has 2 atom stereocenters. The van der Waals surface area contributed by atoms with Crippen molar-refractivity contribution in [3.05, 3.63) is 17.8 Å². The molecule has 0 aromatic carbocycles. The van der Waals surface area contributed by atoms with E-state index in [9.17, 15) is 4.79 Å². The number of methoxy groups -OCH3 is 2. The van der Waals surface area contributed by atoms with Crippen LogP contribution in [0.1, 0.15) is 30.1 Å². The van der Waals surface area contributed by atoms with E-state index < -0.39 is 5.97 Å². The predicted octanol–water partition coefficient (Wildman–Crippen LogP) is 1.40. The molecule has 2 unspecified atom stereocenters. The highest BCUT2D eigenvalue weighted by molar-refractivity contribution is 5.94. The summed E-state index contributed by atoms with van der Waals surface area (Å²) in [5.74, 6) is 0.152. The third-order valence-electron chi connectivity index (χ3n) is 3.38. The Bertz CT molecular complexity index is 470. The molecule has 6 heteroatoms. The summed E-state index contributed by atoms with van der Waals surface area (Å²) in [6.07, 6.45) is 3.50. The summed E-state index contributed by atoms with van der Waals surface area (Å²) in [5, 5.41) is 3.34. The van der Waals surface area contributed by atoms with Crippen molar-refractivity contribution < 1.29 is 19.0 Å². The zero-order chi connectivity index (χ0) is 14.5. The average Bonchev–Trinajstić information content (AvgIpc) is 2.48. The number of pyridine rings is 1. The number of ether oxygens (including phenoxy) is 3. The van der Waals surface area contributed by atoms with Crippen molar-refractivity contribution in [2.45, 2.75) is 31.9 Å². The van der Waals surface area contributed by atoms with Gasteiger partial charge in [0.1, 0.15) is 11.9 Å². The number of rotatable bonds is 4. The second-order valence-corrected chi connectivity index (χ2v) is 4.81. The van der Waals surface area contributed by atoms with E-state index in [1.807, 2.05) is 0 Å². The lowest BCUT2D eigenvalue weighted by atomic mass is 10.0. The van der Waals surface area contributed by atoms with Gasteiger partial charge < -0.3 is 19.5 Å². The standard InChI is InChI=1S/C14H20N2O4/c1-9-4-5-10(8-16-9)20-13-12(14(17)19-3)11(18-2)6-7-15-13/h6-7,9-10,16H,4-5,8H2,1-3H3. The minimum absolute atomic E-state index is 0.00536. The summed E-state index contributed by atoms with van der Waals surface area (Å²) in [4.78, 5) is 16.0. The number of aromatic nitrogens is 1. The molecule has 20 heavy (non-hydrogen) atoms. The first-order valence-electron chi connectivity index (χ1n) is 6.67. The van der Waals surface area contributed by atoms with E-state index >= 15 is 0 Å². The number of nitrogens with zero attached hydrogens (tertiary/aromatic N) is 1. The molecule has 1 saturated heterocycles. The van der Waals surface area contributed by atoms with Crippen LogP contribution in [0.15, 0.2) is 12.3 Å². The molecule has 0 spiro atoms. The second-order valence-electron chi connectivity index (χ2n) is 4.81. The lowest BCUT2D eigenvalue weighted by molar-refractivity contribution is 0.0584. The van der Waals surface area contributed by atoms with Crippen molar-refractivity contribution in [2.24, 2.45) is 0 Å². The van der Waals surface area contributed by atoms with Crippen LogP contribution >= 0.6 is 0 Å². The molecule has 1 aliphatic rings. The molecule has 0 amide bonds. The Hall–Kier alpha value is -1.82. The van der Waals surface area contributed by atoms with Crippen molar-refractivity contribution in [2.75, 3.05) is 20.8 Å². The number of nitrogens with one attached hydrogen (secondary N) is 1. The summed E-state index contributed by atoms with van der Waals surface area (Å²) >= 11 is 0. The Labute approximate surface area is 118 Å². The number of esters is 1. The molecule has 2 rings (SSSR count). The van der Waals surface area contributed by atoms with Crippen LogP contribution in [0.2, 0.25) is 0 Å². The van der Waals surface area contributed by atoms with Gasteiger partial charge >= 0.3 is 5.97 Å². The Morgan fingerprint density at radius 3 is 2.80 bits per heavy atom. The predicted molar refractivity (Wildman–Crippen MR) is 73.2 cm³/mol. The van der Waals surface area contributed by atoms with Crippen molar-refractivity contribution in [1.82, 2.24) is 10.3 Å². The molecular formula is C14H20N2O4. The second kappa shape index (κ2) is 6.56. The highest BCUT2D eigenvalue weighted by Gasteiger charge is 2.25. The van der Waals surface area contributed by atoms with E-state index in [1.54, 1.807) is 12.3 Å². The van der Waals surface area contributed by atoms with E-state index in [0.717, 1.165) is 19.4 Å². The lowest BCUT2D eigenvalue weighted by Gasteiger charge is -2.28. The van der Waals surface area contributed by atoms with Crippen LogP contribution in [0.4, 0.5) is 0 Å². The third kappa shape index (κ3) is 3.19.